The van der Waals surface area contributed by atoms with Crippen molar-refractivity contribution in [1.29, 1.82) is 0 Å². The van der Waals surface area contributed by atoms with Gasteiger partial charge in [0.2, 0.25) is 10.0 Å². The molecule has 1 unspecified atom stereocenters. The highest BCUT2D eigenvalue weighted by atomic mass is 32.2. The number of carbonyl (C=O) groups excluding carboxylic acids is 1. The van der Waals surface area contributed by atoms with Crippen LogP contribution in [0.5, 0.6) is 5.75 Å². The molecule has 7 nitrogen and oxygen atoms in total. The summed E-state index contributed by atoms with van der Waals surface area (Å²) in [5.41, 5.74) is 2.02. The zero-order chi connectivity index (χ0) is 23.8. The summed E-state index contributed by atoms with van der Waals surface area (Å²) in [6, 6.07) is 13.3. The van der Waals surface area contributed by atoms with E-state index in [0.717, 1.165) is 42.7 Å². The topological polar surface area (TPSA) is 97.4 Å². The van der Waals surface area contributed by atoms with Gasteiger partial charge in [0.1, 0.15) is 5.75 Å². The Balaban J connectivity index is 1.61. The van der Waals surface area contributed by atoms with Crippen LogP contribution in [0.1, 0.15) is 49.9 Å². The van der Waals surface area contributed by atoms with Crippen LogP contribution in [0.25, 0.3) is 11.3 Å². The van der Waals surface area contributed by atoms with Gasteiger partial charge in [-0.2, -0.15) is 0 Å². The molecule has 3 rings (SSSR count). The normalized spacial score (nSPS) is 12.3. The Kier molecular flexibility index (Phi) is 8.60. The third kappa shape index (κ3) is 6.86. The second-order valence-corrected chi connectivity index (χ2v) is 10.3. The van der Waals surface area contributed by atoms with E-state index in [1.165, 1.54) is 35.6 Å². The summed E-state index contributed by atoms with van der Waals surface area (Å²) >= 11 is 1.32. The summed E-state index contributed by atoms with van der Waals surface area (Å²) in [6.45, 7) is 3.98. The van der Waals surface area contributed by atoms with Gasteiger partial charge in [-0.1, -0.05) is 26.2 Å². The zero-order valence-corrected chi connectivity index (χ0v) is 20.6. The molecule has 0 radical (unpaired) electrons. The minimum Gasteiger partial charge on any atom is -0.497 e. The Morgan fingerprint density at radius 2 is 1.79 bits per heavy atom. The quantitative estimate of drug-likeness (QED) is 0.357. The van der Waals surface area contributed by atoms with Crippen molar-refractivity contribution in [2.45, 2.75) is 50.5 Å². The maximum atomic E-state index is 12.6. The summed E-state index contributed by atoms with van der Waals surface area (Å²) < 4.78 is 33.1. The fourth-order valence-electron chi connectivity index (χ4n) is 3.27. The van der Waals surface area contributed by atoms with Crippen LogP contribution in [0.4, 0.5) is 5.13 Å². The molecule has 33 heavy (non-hydrogen) atoms. The lowest BCUT2D eigenvalue weighted by Gasteiger charge is -2.14. The van der Waals surface area contributed by atoms with E-state index in [0.29, 0.717) is 10.7 Å². The zero-order valence-electron chi connectivity index (χ0n) is 19.0. The Bertz CT molecular complexity index is 1160. The predicted octanol–water partition coefficient (Wildman–Crippen LogP) is 5.32. The maximum absolute atomic E-state index is 12.6. The lowest BCUT2D eigenvalue weighted by Crippen LogP contribution is -2.32. The smallest absolute Gasteiger partial charge is 0.257 e. The van der Waals surface area contributed by atoms with Gasteiger partial charge in [0.15, 0.2) is 5.13 Å². The van der Waals surface area contributed by atoms with E-state index >= 15 is 0 Å². The van der Waals surface area contributed by atoms with Gasteiger partial charge in [0.25, 0.3) is 5.91 Å². The number of hydrogen-bond donors (Lipinski definition) is 2. The van der Waals surface area contributed by atoms with E-state index in [1.54, 1.807) is 7.11 Å². The third-order valence-corrected chi connectivity index (χ3v) is 7.50. The number of nitrogens with zero attached hydrogens (tertiary/aromatic N) is 1. The van der Waals surface area contributed by atoms with Crippen molar-refractivity contribution in [3.05, 3.63) is 59.5 Å². The molecule has 0 aliphatic heterocycles. The van der Waals surface area contributed by atoms with Crippen molar-refractivity contribution >= 4 is 32.4 Å². The highest BCUT2D eigenvalue weighted by Gasteiger charge is 2.18. The van der Waals surface area contributed by atoms with Gasteiger partial charge in [-0.05, 0) is 61.9 Å². The molecule has 2 N–H and O–H groups in total. The van der Waals surface area contributed by atoms with Gasteiger partial charge in [0, 0.05) is 22.5 Å². The van der Waals surface area contributed by atoms with Gasteiger partial charge < -0.3 is 4.74 Å². The number of anilines is 1. The molecule has 1 aromatic heterocycles. The first-order valence-electron chi connectivity index (χ1n) is 10.9. The summed E-state index contributed by atoms with van der Waals surface area (Å²) in [5, 5.41) is 5.09. The first-order valence-corrected chi connectivity index (χ1v) is 13.2. The Morgan fingerprint density at radius 3 is 2.42 bits per heavy atom. The van der Waals surface area contributed by atoms with Gasteiger partial charge in [-0.3, -0.25) is 10.1 Å². The number of methoxy groups -OCH3 is 1. The standard InChI is InChI=1S/C24H29N3O4S2/c1-4-5-6-7-17(2)27-33(29,30)21-14-10-19(11-15-21)23(28)26-24-25-22(16-32-24)18-8-12-20(31-3)13-9-18/h8-17,27H,4-7H2,1-3H3,(H,25,26,28). The van der Waals surface area contributed by atoms with Crippen LogP contribution in [-0.4, -0.2) is 32.5 Å². The monoisotopic (exact) mass is 487 g/mol. The summed E-state index contributed by atoms with van der Waals surface area (Å²) in [5.74, 6) is 0.407. The number of benzene rings is 2. The average Bonchev–Trinajstić information content (AvgIpc) is 3.27. The van der Waals surface area contributed by atoms with Crippen molar-refractivity contribution in [3.8, 4) is 17.0 Å². The van der Waals surface area contributed by atoms with E-state index in [9.17, 15) is 13.2 Å². The minimum absolute atomic E-state index is 0.137. The molecule has 0 bridgehead atoms. The second kappa shape index (κ2) is 11.4. The molecule has 0 spiro atoms. The number of nitrogens with one attached hydrogen (secondary N) is 2. The molecule has 1 heterocycles. The molecule has 3 aromatic rings. The van der Waals surface area contributed by atoms with E-state index in [2.05, 4.69) is 21.9 Å². The molecule has 0 saturated heterocycles. The van der Waals surface area contributed by atoms with Crippen LogP contribution < -0.4 is 14.8 Å². The molecule has 2 aromatic carbocycles. The van der Waals surface area contributed by atoms with Crippen molar-refractivity contribution < 1.29 is 17.9 Å². The van der Waals surface area contributed by atoms with Crippen molar-refractivity contribution in [3.63, 3.8) is 0 Å². The number of hydrogen-bond acceptors (Lipinski definition) is 6. The van der Waals surface area contributed by atoms with Crippen molar-refractivity contribution in [1.82, 2.24) is 9.71 Å². The van der Waals surface area contributed by atoms with Crippen molar-refractivity contribution in [2.75, 3.05) is 12.4 Å². The predicted molar refractivity (Wildman–Crippen MR) is 132 cm³/mol. The number of ether oxygens (including phenoxy) is 1. The van der Waals surface area contributed by atoms with Crippen LogP contribution >= 0.6 is 11.3 Å². The Morgan fingerprint density at radius 1 is 1.09 bits per heavy atom. The van der Waals surface area contributed by atoms with Crippen LogP contribution in [-0.2, 0) is 10.0 Å². The largest absolute Gasteiger partial charge is 0.497 e. The van der Waals surface area contributed by atoms with E-state index < -0.39 is 10.0 Å². The van der Waals surface area contributed by atoms with Crippen LogP contribution in [0.3, 0.4) is 0 Å². The number of thiazole rings is 1. The molecule has 1 amide bonds. The lowest BCUT2D eigenvalue weighted by atomic mass is 10.1. The first-order chi connectivity index (χ1) is 15.8. The lowest BCUT2D eigenvalue weighted by molar-refractivity contribution is 0.102. The van der Waals surface area contributed by atoms with Crippen LogP contribution in [0.15, 0.2) is 58.8 Å². The number of unbranched alkanes of at least 4 members (excludes halogenated alkanes) is 2. The minimum atomic E-state index is -3.63. The number of sulfonamides is 1. The maximum Gasteiger partial charge on any atom is 0.257 e. The van der Waals surface area contributed by atoms with Gasteiger partial charge in [-0.25, -0.2) is 18.1 Å². The number of carbonyl (C=O) groups is 1. The molecule has 0 fully saturated rings. The molecule has 0 aliphatic carbocycles. The highest BCUT2D eigenvalue weighted by Crippen LogP contribution is 2.27. The van der Waals surface area contributed by atoms with Gasteiger partial charge in [0.05, 0.1) is 17.7 Å². The molecule has 1 atom stereocenters. The molecular formula is C24H29N3O4S2. The molecule has 0 aliphatic rings. The van der Waals surface area contributed by atoms with E-state index in [-0.39, 0.29) is 16.8 Å². The van der Waals surface area contributed by atoms with Crippen LogP contribution in [0, 0.1) is 0 Å². The molecule has 9 heteroatoms. The van der Waals surface area contributed by atoms with Crippen LogP contribution in [0.2, 0.25) is 0 Å². The average molecular weight is 488 g/mol. The molecule has 176 valence electrons. The summed E-state index contributed by atoms with van der Waals surface area (Å²) in [7, 11) is -2.02. The third-order valence-electron chi connectivity index (χ3n) is 5.13. The second-order valence-electron chi connectivity index (χ2n) is 7.76. The number of amides is 1. The SMILES string of the molecule is CCCCCC(C)NS(=O)(=O)c1ccc(C(=O)Nc2nc(-c3ccc(OC)cc3)cs2)cc1. The van der Waals surface area contributed by atoms with Gasteiger partial charge in [-0.15, -0.1) is 11.3 Å². The Hall–Kier alpha value is -2.75. The first kappa shape index (κ1) is 24.9. The summed E-state index contributed by atoms with van der Waals surface area (Å²) in [4.78, 5) is 17.2. The number of aromatic nitrogens is 1. The highest BCUT2D eigenvalue weighted by molar-refractivity contribution is 7.89. The number of rotatable bonds is 11. The van der Waals surface area contributed by atoms with Gasteiger partial charge >= 0.3 is 0 Å². The Labute approximate surface area is 199 Å². The fraction of sp³-hybridized carbons (Fsp3) is 0.333. The fourth-order valence-corrected chi connectivity index (χ4v) is 5.27. The molecular weight excluding hydrogens is 458 g/mol. The molecule has 0 saturated carbocycles. The summed E-state index contributed by atoms with van der Waals surface area (Å²) in [6.07, 6.45) is 3.94. The van der Waals surface area contributed by atoms with E-state index in [1.807, 2.05) is 36.6 Å². The van der Waals surface area contributed by atoms with Crippen molar-refractivity contribution in [2.24, 2.45) is 0 Å². The van der Waals surface area contributed by atoms with E-state index in [4.69, 9.17) is 4.74 Å².